The largest absolute Gasteiger partial charge is 0.347 e. The molecule has 2 aromatic heterocycles. The predicted octanol–water partition coefficient (Wildman–Crippen LogP) is 2.19. The number of hydrogen-bond donors (Lipinski definition) is 2. The minimum absolute atomic E-state index is 0.00666. The van der Waals surface area contributed by atoms with Gasteiger partial charge in [-0.25, -0.2) is 0 Å². The SMILES string of the molecule is CCC(C)C(NC(=O)c1ccccc1)C(=O)NCc1nnc2ccccn12. The highest BCUT2D eigenvalue weighted by Crippen LogP contribution is 2.10. The van der Waals surface area contributed by atoms with Crippen molar-refractivity contribution in [2.75, 3.05) is 0 Å². The van der Waals surface area contributed by atoms with E-state index >= 15 is 0 Å². The summed E-state index contributed by atoms with van der Waals surface area (Å²) < 4.78 is 1.82. The van der Waals surface area contributed by atoms with Crippen molar-refractivity contribution in [2.24, 2.45) is 5.92 Å². The van der Waals surface area contributed by atoms with Crippen LogP contribution in [0.3, 0.4) is 0 Å². The topological polar surface area (TPSA) is 88.4 Å². The smallest absolute Gasteiger partial charge is 0.251 e. The summed E-state index contributed by atoms with van der Waals surface area (Å²) in [5.74, 6) is 0.134. The van der Waals surface area contributed by atoms with Crippen molar-refractivity contribution in [3.05, 3.63) is 66.1 Å². The van der Waals surface area contributed by atoms with E-state index in [4.69, 9.17) is 0 Å². The number of aromatic nitrogens is 3. The molecule has 27 heavy (non-hydrogen) atoms. The number of nitrogens with one attached hydrogen (secondary N) is 2. The average molecular weight is 365 g/mol. The second-order valence-corrected chi connectivity index (χ2v) is 6.47. The normalized spacial score (nSPS) is 13.1. The molecule has 0 aliphatic rings. The summed E-state index contributed by atoms with van der Waals surface area (Å²) in [5, 5.41) is 13.9. The highest BCUT2D eigenvalue weighted by molar-refractivity contribution is 5.97. The second-order valence-electron chi connectivity index (χ2n) is 6.47. The maximum Gasteiger partial charge on any atom is 0.251 e. The highest BCUT2D eigenvalue weighted by Gasteiger charge is 2.26. The Kier molecular flexibility index (Phi) is 5.80. The molecule has 1 aromatic carbocycles. The Morgan fingerprint density at radius 3 is 2.56 bits per heavy atom. The van der Waals surface area contributed by atoms with Crippen LogP contribution in [-0.4, -0.2) is 32.5 Å². The lowest BCUT2D eigenvalue weighted by Crippen LogP contribution is -2.50. The Labute approximate surface area is 157 Å². The van der Waals surface area contributed by atoms with Crippen molar-refractivity contribution in [1.82, 2.24) is 25.2 Å². The summed E-state index contributed by atoms with van der Waals surface area (Å²) in [6, 6.07) is 13.9. The van der Waals surface area contributed by atoms with E-state index < -0.39 is 6.04 Å². The molecule has 2 atom stereocenters. The van der Waals surface area contributed by atoms with Gasteiger partial charge in [0.25, 0.3) is 5.91 Å². The van der Waals surface area contributed by atoms with E-state index in [1.165, 1.54) is 0 Å². The van der Waals surface area contributed by atoms with Crippen LogP contribution in [0.2, 0.25) is 0 Å². The zero-order chi connectivity index (χ0) is 19.2. The number of hydrogen-bond acceptors (Lipinski definition) is 4. The fourth-order valence-electron chi connectivity index (χ4n) is 2.80. The quantitative estimate of drug-likeness (QED) is 0.672. The van der Waals surface area contributed by atoms with Crippen LogP contribution in [0.15, 0.2) is 54.7 Å². The molecule has 0 radical (unpaired) electrons. The lowest BCUT2D eigenvalue weighted by molar-refractivity contribution is -0.124. The highest BCUT2D eigenvalue weighted by atomic mass is 16.2. The molecular weight excluding hydrogens is 342 g/mol. The molecule has 2 unspecified atom stereocenters. The van der Waals surface area contributed by atoms with Gasteiger partial charge < -0.3 is 10.6 Å². The first-order valence-electron chi connectivity index (χ1n) is 9.02. The molecule has 3 aromatic rings. The lowest BCUT2D eigenvalue weighted by Gasteiger charge is -2.23. The number of carbonyl (C=O) groups is 2. The molecule has 0 aliphatic carbocycles. The Balaban J connectivity index is 1.69. The first-order chi connectivity index (χ1) is 13.1. The number of amides is 2. The van der Waals surface area contributed by atoms with Crippen molar-refractivity contribution in [1.29, 1.82) is 0 Å². The zero-order valence-electron chi connectivity index (χ0n) is 15.4. The van der Waals surface area contributed by atoms with Crippen molar-refractivity contribution in [3.8, 4) is 0 Å². The van der Waals surface area contributed by atoms with Crippen molar-refractivity contribution < 1.29 is 9.59 Å². The molecule has 140 valence electrons. The van der Waals surface area contributed by atoms with Gasteiger partial charge in [-0.2, -0.15) is 0 Å². The molecular formula is C20H23N5O2. The van der Waals surface area contributed by atoms with Gasteiger partial charge in [0.15, 0.2) is 11.5 Å². The molecule has 3 rings (SSSR count). The summed E-state index contributed by atoms with van der Waals surface area (Å²) in [6.07, 6.45) is 2.61. The number of carbonyl (C=O) groups excluding carboxylic acids is 2. The van der Waals surface area contributed by atoms with Gasteiger partial charge in [-0.05, 0) is 30.2 Å². The molecule has 7 heteroatoms. The minimum Gasteiger partial charge on any atom is -0.347 e. The number of fused-ring (bicyclic) bond motifs is 1. The maximum atomic E-state index is 12.8. The molecule has 2 N–H and O–H groups in total. The van der Waals surface area contributed by atoms with E-state index in [1.807, 2.05) is 48.7 Å². The summed E-state index contributed by atoms with van der Waals surface area (Å²) in [7, 11) is 0. The van der Waals surface area contributed by atoms with Crippen LogP contribution in [-0.2, 0) is 11.3 Å². The lowest BCUT2D eigenvalue weighted by atomic mass is 9.98. The third-order valence-electron chi connectivity index (χ3n) is 4.62. The van der Waals surface area contributed by atoms with Gasteiger partial charge in [-0.1, -0.05) is 44.5 Å². The molecule has 0 bridgehead atoms. The van der Waals surface area contributed by atoms with E-state index in [1.54, 1.807) is 24.3 Å². The monoisotopic (exact) mass is 365 g/mol. The van der Waals surface area contributed by atoms with Crippen molar-refractivity contribution >= 4 is 17.5 Å². The predicted molar refractivity (Wildman–Crippen MR) is 102 cm³/mol. The molecule has 0 aliphatic heterocycles. The minimum atomic E-state index is -0.623. The van der Waals surface area contributed by atoms with Crippen LogP contribution in [0.4, 0.5) is 0 Å². The number of pyridine rings is 1. The molecule has 0 fully saturated rings. The van der Waals surface area contributed by atoms with Gasteiger partial charge >= 0.3 is 0 Å². The summed E-state index contributed by atoms with van der Waals surface area (Å²) in [4.78, 5) is 25.2. The second kappa shape index (κ2) is 8.44. The van der Waals surface area contributed by atoms with Gasteiger partial charge in [0.05, 0.1) is 6.54 Å². The fraction of sp³-hybridized carbons (Fsp3) is 0.300. The zero-order valence-corrected chi connectivity index (χ0v) is 15.4. The standard InChI is InChI=1S/C20H23N5O2/c1-3-14(2)18(22-19(26)15-9-5-4-6-10-15)20(27)21-13-17-24-23-16-11-7-8-12-25(16)17/h4-12,14,18H,3,13H2,1-2H3,(H,21,27)(H,22,26). The van der Waals surface area contributed by atoms with Crippen LogP contribution >= 0.6 is 0 Å². The molecule has 2 amide bonds. The van der Waals surface area contributed by atoms with E-state index in [2.05, 4.69) is 20.8 Å². The van der Waals surface area contributed by atoms with E-state index in [-0.39, 0.29) is 24.3 Å². The third kappa shape index (κ3) is 4.31. The Morgan fingerprint density at radius 1 is 1.07 bits per heavy atom. The van der Waals surface area contributed by atoms with Gasteiger partial charge in [0.1, 0.15) is 6.04 Å². The molecule has 0 saturated carbocycles. The van der Waals surface area contributed by atoms with E-state index in [0.717, 1.165) is 12.1 Å². The first-order valence-corrected chi connectivity index (χ1v) is 9.02. The fourth-order valence-corrected chi connectivity index (χ4v) is 2.80. The van der Waals surface area contributed by atoms with Gasteiger partial charge in [0.2, 0.25) is 5.91 Å². The van der Waals surface area contributed by atoms with Gasteiger partial charge in [-0.3, -0.25) is 14.0 Å². The Bertz CT molecular complexity index is 922. The average Bonchev–Trinajstić information content (AvgIpc) is 3.13. The molecule has 0 saturated heterocycles. The van der Waals surface area contributed by atoms with Crippen molar-refractivity contribution in [3.63, 3.8) is 0 Å². The first kappa shape index (κ1) is 18.6. The summed E-state index contributed by atoms with van der Waals surface area (Å²) in [6.45, 7) is 4.17. The third-order valence-corrected chi connectivity index (χ3v) is 4.62. The molecule has 2 heterocycles. The maximum absolute atomic E-state index is 12.8. The number of rotatable bonds is 7. The van der Waals surface area contributed by atoms with Crippen LogP contribution < -0.4 is 10.6 Å². The molecule has 0 spiro atoms. The Hall–Kier alpha value is -3.22. The number of benzene rings is 1. The van der Waals surface area contributed by atoms with E-state index in [9.17, 15) is 9.59 Å². The molecule has 7 nitrogen and oxygen atoms in total. The summed E-state index contributed by atoms with van der Waals surface area (Å²) >= 11 is 0. The van der Waals surface area contributed by atoms with E-state index in [0.29, 0.717) is 11.4 Å². The number of nitrogens with zero attached hydrogens (tertiary/aromatic N) is 3. The van der Waals surface area contributed by atoms with Crippen molar-refractivity contribution in [2.45, 2.75) is 32.9 Å². The van der Waals surface area contributed by atoms with Crippen LogP contribution in [0, 0.1) is 5.92 Å². The Morgan fingerprint density at radius 2 is 1.81 bits per heavy atom. The van der Waals surface area contributed by atoms with Gasteiger partial charge in [0, 0.05) is 11.8 Å². The summed E-state index contributed by atoms with van der Waals surface area (Å²) in [5.41, 5.74) is 1.25. The van der Waals surface area contributed by atoms with Crippen LogP contribution in [0.25, 0.3) is 5.65 Å². The van der Waals surface area contributed by atoms with Crippen LogP contribution in [0.1, 0.15) is 36.5 Å². The van der Waals surface area contributed by atoms with Gasteiger partial charge in [-0.15, -0.1) is 10.2 Å². The van der Waals surface area contributed by atoms with Crippen LogP contribution in [0.5, 0.6) is 0 Å².